The van der Waals surface area contributed by atoms with Gasteiger partial charge in [-0.2, -0.15) is 0 Å². The zero-order valence-electron chi connectivity index (χ0n) is 29.3. The molecule has 2 unspecified atom stereocenters. The molecule has 256 valence electrons. The molecule has 0 radical (unpaired) electrons. The standard InChI is InChI=1S/C33H66N2O4S4/c1-11-28(3)24-32(5,6)26-42-40-22-20-38-30(36)14-18-34(9)16-13-17-35(10)19-15-31(37)39-21-23-41-43-27-33(7,8)25-29(4)12-2/h28-29H,11-27H2,1-10H3. The fourth-order valence-electron chi connectivity index (χ4n) is 4.74. The Morgan fingerprint density at radius 3 is 1.37 bits per heavy atom. The van der Waals surface area contributed by atoms with Gasteiger partial charge in [-0.05, 0) is 69.1 Å². The number of rotatable bonds is 28. The molecule has 0 aliphatic carbocycles. The lowest BCUT2D eigenvalue weighted by Gasteiger charge is -2.27. The number of nitrogens with zero attached hydrogens (tertiary/aromatic N) is 2. The van der Waals surface area contributed by atoms with Crippen molar-refractivity contribution in [2.75, 3.05) is 76.5 Å². The van der Waals surface area contributed by atoms with Crippen LogP contribution in [0.1, 0.15) is 100 Å². The monoisotopic (exact) mass is 682 g/mol. The van der Waals surface area contributed by atoms with Crippen LogP contribution in [0.4, 0.5) is 0 Å². The molecule has 6 nitrogen and oxygen atoms in total. The highest BCUT2D eigenvalue weighted by Gasteiger charge is 2.21. The smallest absolute Gasteiger partial charge is 0.307 e. The van der Waals surface area contributed by atoms with Crippen molar-refractivity contribution in [1.29, 1.82) is 0 Å². The number of carbonyl (C=O) groups excluding carboxylic acids is 2. The van der Waals surface area contributed by atoms with Gasteiger partial charge in [-0.25, -0.2) is 0 Å². The minimum Gasteiger partial charge on any atom is -0.465 e. The quantitative estimate of drug-likeness (QED) is 0.0455. The maximum absolute atomic E-state index is 12.1. The van der Waals surface area contributed by atoms with Gasteiger partial charge in [0.2, 0.25) is 0 Å². The van der Waals surface area contributed by atoms with Crippen molar-refractivity contribution in [2.45, 2.75) is 100 Å². The van der Waals surface area contributed by atoms with Crippen LogP contribution in [0, 0.1) is 22.7 Å². The van der Waals surface area contributed by atoms with E-state index in [9.17, 15) is 9.59 Å². The van der Waals surface area contributed by atoms with Gasteiger partial charge < -0.3 is 19.3 Å². The Kier molecular flexibility index (Phi) is 25.5. The summed E-state index contributed by atoms with van der Waals surface area (Å²) in [4.78, 5) is 28.6. The Bertz CT molecular complexity index is 669. The van der Waals surface area contributed by atoms with Crippen LogP contribution in [0.25, 0.3) is 0 Å². The van der Waals surface area contributed by atoms with Gasteiger partial charge in [0.1, 0.15) is 13.2 Å². The summed E-state index contributed by atoms with van der Waals surface area (Å²) < 4.78 is 10.9. The molecule has 2 atom stereocenters. The first kappa shape index (κ1) is 43.3. The highest BCUT2D eigenvalue weighted by molar-refractivity contribution is 8.77. The molecule has 0 saturated carbocycles. The number of ether oxygens (including phenoxy) is 2. The molecule has 43 heavy (non-hydrogen) atoms. The van der Waals surface area contributed by atoms with Crippen LogP contribution < -0.4 is 0 Å². The summed E-state index contributed by atoms with van der Waals surface area (Å²) >= 11 is 0. The Hall–Kier alpha value is 0.260. The zero-order valence-corrected chi connectivity index (χ0v) is 32.6. The Labute approximate surface area is 282 Å². The Balaban J connectivity index is 3.76. The fraction of sp³-hybridized carbons (Fsp3) is 0.939. The van der Waals surface area contributed by atoms with Crippen LogP contribution >= 0.6 is 43.2 Å². The second-order valence-corrected chi connectivity index (χ2v) is 19.0. The van der Waals surface area contributed by atoms with Crippen molar-refractivity contribution < 1.29 is 19.1 Å². The minimum atomic E-state index is -0.118. The van der Waals surface area contributed by atoms with E-state index in [1.54, 1.807) is 21.6 Å². The van der Waals surface area contributed by atoms with Crippen LogP contribution in [0.5, 0.6) is 0 Å². The average Bonchev–Trinajstić information content (AvgIpc) is 2.93. The number of hydrogen-bond acceptors (Lipinski definition) is 10. The van der Waals surface area contributed by atoms with E-state index in [-0.39, 0.29) is 11.9 Å². The van der Waals surface area contributed by atoms with Gasteiger partial charge in [0.05, 0.1) is 12.8 Å². The van der Waals surface area contributed by atoms with Gasteiger partial charge in [-0.15, -0.1) is 0 Å². The summed E-state index contributed by atoms with van der Waals surface area (Å²) in [6, 6.07) is 0. The third-order valence-corrected chi connectivity index (χ3v) is 13.1. The summed E-state index contributed by atoms with van der Waals surface area (Å²) in [6.45, 7) is 22.7. The van der Waals surface area contributed by atoms with Gasteiger partial charge >= 0.3 is 11.9 Å². The maximum atomic E-state index is 12.1. The normalized spacial score (nSPS) is 13.9. The SMILES string of the molecule is CCC(C)CC(C)(C)CSSCCOC(=O)CCN(C)CCCN(C)CCC(=O)OCCSSCC(C)(C)CC(C)CC. The second-order valence-electron chi connectivity index (χ2n) is 13.8. The Morgan fingerprint density at radius 2 is 1.02 bits per heavy atom. The molecular formula is C33H66N2O4S4. The highest BCUT2D eigenvalue weighted by atomic mass is 33.1. The van der Waals surface area contributed by atoms with Crippen LogP contribution in [0.15, 0.2) is 0 Å². The predicted octanol–water partition coefficient (Wildman–Crippen LogP) is 8.79. The van der Waals surface area contributed by atoms with Crippen molar-refractivity contribution >= 4 is 55.1 Å². The lowest BCUT2D eigenvalue weighted by Crippen LogP contribution is -2.29. The van der Waals surface area contributed by atoms with E-state index in [1.165, 1.54) is 25.7 Å². The molecule has 0 amide bonds. The van der Waals surface area contributed by atoms with E-state index in [2.05, 4.69) is 65.2 Å². The molecule has 0 aromatic carbocycles. The van der Waals surface area contributed by atoms with E-state index < -0.39 is 0 Å². The topological polar surface area (TPSA) is 59.1 Å². The molecule has 0 spiro atoms. The van der Waals surface area contributed by atoms with E-state index in [0.29, 0.717) is 50.0 Å². The van der Waals surface area contributed by atoms with Crippen molar-refractivity contribution in [1.82, 2.24) is 9.80 Å². The van der Waals surface area contributed by atoms with Gasteiger partial charge in [-0.3, -0.25) is 9.59 Å². The maximum Gasteiger partial charge on any atom is 0.307 e. The van der Waals surface area contributed by atoms with Crippen molar-refractivity contribution in [3.05, 3.63) is 0 Å². The number of carbonyl (C=O) groups is 2. The molecule has 0 bridgehead atoms. The van der Waals surface area contributed by atoms with E-state index >= 15 is 0 Å². The third kappa shape index (κ3) is 27.1. The van der Waals surface area contributed by atoms with Crippen molar-refractivity contribution in [3.63, 3.8) is 0 Å². The molecule has 0 heterocycles. The lowest BCUT2D eigenvalue weighted by molar-refractivity contribution is -0.144. The molecule has 0 aliphatic rings. The van der Waals surface area contributed by atoms with Gasteiger partial charge in [0, 0.05) is 36.1 Å². The molecule has 0 fully saturated rings. The molecule has 0 rings (SSSR count). The summed E-state index contributed by atoms with van der Waals surface area (Å²) in [6.07, 6.45) is 6.80. The average molecular weight is 683 g/mol. The summed E-state index contributed by atoms with van der Waals surface area (Å²) in [5.74, 6) is 5.21. The van der Waals surface area contributed by atoms with E-state index in [4.69, 9.17) is 9.47 Å². The van der Waals surface area contributed by atoms with Gasteiger partial charge in [0.15, 0.2) is 0 Å². The van der Waals surface area contributed by atoms with Gasteiger partial charge in [0.25, 0.3) is 0 Å². The van der Waals surface area contributed by atoms with Crippen LogP contribution in [-0.2, 0) is 19.1 Å². The van der Waals surface area contributed by atoms with Crippen molar-refractivity contribution in [2.24, 2.45) is 22.7 Å². The summed E-state index contributed by atoms with van der Waals surface area (Å²) in [7, 11) is 11.5. The summed E-state index contributed by atoms with van der Waals surface area (Å²) in [5, 5.41) is 0. The second kappa shape index (κ2) is 25.4. The third-order valence-electron chi connectivity index (χ3n) is 7.60. The highest BCUT2D eigenvalue weighted by Crippen LogP contribution is 2.36. The van der Waals surface area contributed by atoms with Crippen LogP contribution in [0.3, 0.4) is 0 Å². The first-order valence-corrected chi connectivity index (χ1v) is 21.3. The molecule has 0 N–H and O–H groups in total. The van der Waals surface area contributed by atoms with Crippen LogP contribution in [0.2, 0.25) is 0 Å². The van der Waals surface area contributed by atoms with E-state index in [1.807, 2.05) is 35.7 Å². The molecular weight excluding hydrogens is 617 g/mol. The molecule has 0 aromatic heterocycles. The van der Waals surface area contributed by atoms with E-state index in [0.717, 1.165) is 54.4 Å². The first-order chi connectivity index (χ1) is 20.2. The fourth-order valence-corrected chi connectivity index (χ4v) is 9.84. The zero-order chi connectivity index (χ0) is 32.7. The molecule has 0 aliphatic heterocycles. The molecule has 0 saturated heterocycles. The van der Waals surface area contributed by atoms with Crippen molar-refractivity contribution in [3.8, 4) is 0 Å². The molecule has 0 aromatic rings. The Morgan fingerprint density at radius 1 is 0.651 bits per heavy atom. The minimum absolute atomic E-state index is 0.118. The van der Waals surface area contributed by atoms with Crippen LogP contribution in [-0.4, -0.2) is 98.2 Å². The number of hydrogen-bond donors (Lipinski definition) is 0. The summed E-state index contributed by atoms with van der Waals surface area (Å²) in [5.41, 5.74) is 0.690. The first-order valence-electron chi connectivity index (χ1n) is 16.4. The molecule has 10 heteroatoms. The number of esters is 2. The largest absolute Gasteiger partial charge is 0.465 e. The predicted molar refractivity (Wildman–Crippen MR) is 196 cm³/mol. The van der Waals surface area contributed by atoms with Gasteiger partial charge in [-0.1, -0.05) is 111 Å². The lowest BCUT2D eigenvalue weighted by atomic mass is 9.84.